The summed E-state index contributed by atoms with van der Waals surface area (Å²) in [6.07, 6.45) is 31.1. The normalized spacial score (nSPS) is 12.5. The molecule has 1 unspecified atom stereocenters. The van der Waals surface area contributed by atoms with Gasteiger partial charge in [0, 0.05) is 39.1 Å². The Morgan fingerprint density at radius 1 is 0.519 bits per heavy atom. The van der Waals surface area contributed by atoms with Crippen molar-refractivity contribution in [2.45, 2.75) is 199 Å². The average molecular weight is 771 g/mol. The van der Waals surface area contributed by atoms with Gasteiger partial charge in [-0.2, -0.15) is 0 Å². The molecule has 54 heavy (non-hydrogen) atoms. The maximum absolute atomic E-state index is 12.8. The highest BCUT2D eigenvalue weighted by atomic mass is 16.5. The second-order valence-corrected chi connectivity index (χ2v) is 15.0. The van der Waals surface area contributed by atoms with Gasteiger partial charge in [0.2, 0.25) is 17.7 Å². The molecule has 0 bridgehead atoms. The van der Waals surface area contributed by atoms with Crippen molar-refractivity contribution in [3.8, 4) is 0 Å². The summed E-state index contributed by atoms with van der Waals surface area (Å²) in [5.41, 5.74) is 10.9. The van der Waals surface area contributed by atoms with Gasteiger partial charge in [0.05, 0.1) is 39.1 Å². The van der Waals surface area contributed by atoms with Gasteiger partial charge in [0.15, 0.2) is 0 Å². The van der Waals surface area contributed by atoms with Gasteiger partial charge in [-0.25, -0.2) is 0 Å². The molecule has 0 aliphatic rings. The summed E-state index contributed by atoms with van der Waals surface area (Å²) < 4.78 is 22.8. The minimum Gasteiger partial charge on any atom is -0.379 e. The Morgan fingerprint density at radius 2 is 0.981 bits per heavy atom. The maximum atomic E-state index is 12.8. The fraction of sp³-hybridized carbons (Fsp3) is 0.930. The minimum atomic E-state index is -0.937. The second kappa shape index (κ2) is 42.4. The number of rotatable bonds is 44. The standard InChI is InChI=1S/C43H86N4O7/c1-3-5-7-9-11-13-15-17-19-21-23-25-31-53-38-39(54-32-26-24-22-20-18-16-14-12-10-8-6-4-2)37-46-41(48)28-27-40(43(45)50)47-42(49)29-33-51-35-36-52-34-30-44/h39-40H,3-38,44H2,1-2H3,(H2,45,50)(H,46,48)(H,47,49)/t39?,40-/m0/s1. The first-order chi connectivity index (χ1) is 26.4. The van der Waals surface area contributed by atoms with Crippen molar-refractivity contribution in [3.05, 3.63) is 0 Å². The van der Waals surface area contributed by atoms with Gasteiger partial charge >= 0.3 is 0 Å². The molecule has 0 fully saturated rings. The molecule has 11 heteroatoms. The van der Waals surface area contributed by atoms with E-state index in [-0.39, 0.29) is 43.8 Å². The van der Waals surface area contributed by atoms with Gasteiger partial charge in [0.1, 0.15) is 6.04 Å². The molecule has 0 aromatic heterocycles. The summed E-state index contributed by atoms with van der Waals surface area (Å²) in [4.78, 5) is 37.1. The lowest BCUT2D eigenvalue weighted by Crippen LogP contribution is -2.45. The van der Waals surface area contributed by atoms with Crippen molar-refractivity contribution in [2.24, 2.45) is 11.5 Å². The fourth-order valence-corrected chi connectivity index (χ4v) is 6.33. The summed E-state index contributed by atoms with van der Waals surface area (Å²) >= 11 is 0. The Hall–Kier alpha value is -1.79. The zero-order valence-electron chi connectivity index (χ0n) is 35.1. The molecular weight excluding hydrogens is 684 g/mol. The van der Waals surface area contributed by atoms with Gasteiger partial charge in [-0.3, -0.25) is 14.4 Å². The average Bonchev–Trinajstić information content (AvgIpc) is 3.16. The fourth-order valence-electron chi connectivity index (χ4n) is 6.33. The first kappa shape index (κ1) is 52.2. The second-order valence-electron chi connectivity index (χ2n) is 15.0. The van der Waals surface area contributed by atoms with Crippen molar-refractivity contribution in [2.75, 3.05) is 59.3 Å². The van der Waals surface area contributed by atoms with E-state index in [9.17, 15) is 14.4 Å². The molecule has 0 aromatic rings. The molecule has 0 aliphatic heterocycles. The largest absolute Gasteiger partial charge is 0.379 e. The molecule has 3 amide bonds. The van der Waals surface area contributed by atoms with Crippen LogP contribution in [0.5, 0.6) is 0 Å². The Kier molecular flexibility index (Phi) is 41.0. The third kappa shape index (κ3) is 38.5. The van der Waals surface area contributed by atoms with Gasteiger partial charge in [0.25, 0.3) is 0 Å². The van der Waals surface area contributed by atoms with Gasteiger partial charge < -0.3 is 41.0 Å². The molecule has 320 valence electrons. The summed E-state index contributed by atoms with van der Waals surface area (Å²) in [6, 6.07) is -0.937. The topological polar surface area (TPSA) is 164 Å². The highest BCUT2D eigenvalue weighted by molar-refractivity contribution is 5.87. The van der Waals surface area contributed by atoms with Crippen LogP contribution in [0.4, 0.5) is 0 Å². The number of primary amides is 1. The number of hydrogen-bond acceptors (Lipinski definition) is 8. The van der Waals surface area contributed by atoms with Crippen LogP contribution in [0.1, 0.15) is 187 Å². The lowest BCUT2D eigenvalue weighted by atomic mass is 10.1. The Morgan fingerprint density at radius 3 is 1.46 bits per heavy atom. The Balaban J connectivity index is 4.44. The molecule has 0 radical (unpaired) electrons. The molecule has 11 nitrogen and oxygen atoms in total. The van der Waals surface area contributed by atoms with Gasteiger partial charge in [-0.1, -0.05) is 155 Å². The van der Waals surface area contributed by atoms with Crippen LogP contribution in [0.2, 0.25) is 0 Å². The summed E-state index contributed by atoms with van der Waals surface area (Å²) in [5.74, 6) is -1.27. The molecule has 0 heterocycles. The first-order valence-electron chi connectivity index (χ1n) is 22.3. The third-order valence-corrected chi connectivity index (χ3v) is 9.77. The third-order valence-electron chi connectivity index (χ3n) is 9.77. The lowest BCUT2D eigenvalue weighted by Gasteiger charge is -2.20. The predicted molar refractivity (Wildman–Crippen MR) is 221 cm³/mol. The van der Waals surface area contributed by atoms with Crippen molar-refractivity contribution >= 4 is 17.7 Å². The number of unbranched alkanes of at least 4 members (excludes halogenated alkanes) is 22. The lowest BCUT2D eigenvalue weighted by molar-refractivity contribution is -0.129. The van der Waals surface area contributed by atoms with E-state index in [0.717, 1.165) is 19.3 Å². The monoisotopic (exact) mass is 771 g/mol. The van der Waals surface area contributed by atoms with E-state index in [4.69, 9.17) is 30.4 Å². The van der Waals surface area contributed by atoms with E-state index >= 15 is 0 Å². The summed E-state index contributed by atoms with van der Waals surface area (Å²) in [6.45, 7) is 8.45. The van der Waals surface area contributed by atoms with E-state index in [1.54, 1.807) is 0 Å². The first-order valence-corrected chi connectivity index (χ1v) is 22.3. The van der Waals surface area contributed by atoms with Crippen molar-refractivity contribution in [1.82, 2.24) is 10.6 Å². The van der Waals surface area contributed by atoms with Gasteiger partial charge in [-0.05, 0) is 19.3 Å². The van der Waals surface area contributed by atoms with Crippen molar-refractivity contribution in [3.63, 3.8) is 0 Å². The zero-order valence-corrected chi connectivity index (χ0v) is 35.1. The maximum Gasteiger partial charge on any atom is 0.240 e. The number of nitrogens with one attached hydrogen (secondary N) is 2. The predicted octanol–water partition coefficient (Wildman–Crippen LogP) is 8.04. The number of nitrogens with two attached hydrogens (primary N) is 2. The number of carbonyl (C=O) groups excluding carboxylic acids is 3. The number of carbonyl (C=O) groups is 3. The van der Waals surface area contributed by atoms with Crippen LogP contribution in [0.3, 0.4) is 0 Å². The van der Waals surface area contributed by atoms with Crippen molar-refractivity contribution in [1.29, 1.82) is 0 Å². The number of ether oxygens (including phenoxy) is 4. The smallest absolute Gasteiger partial charge is 0.240 e. The Bertz CT molecular complexity index is 836. The number of hydrogen-bond donors (Lipinski definition) is 4. The van der Waals surface area contributed by atoms with E-state index in [1.807, 2.05) is 0 Å². The molecule has 0 rings (SSSR count). The van der Waals surface area contributed by atoms with E-state index < -0.39 is 11.9 Å². The highest BCUT2D eigenvalue weighted by Gasteiger charge is 2.20. The van der Waals surface area contributed by atoms with E-state index in [2.05, 4.69) is 24.5 Å². The van der Waals surface area contributed by atoms with Crippen LogP contribution < -0.4 is 22.1 Å². The van der Waals surface area contributed by atoms with Crippen LogP contribution in [0.15, 0.2) is 0 Å². The van der Waals surface area contributed by atoms with Crippen LogP contribution in [0, 0.1) is 0 Å². The van der Waals surface area contributed by atoms with Crippen LogP contribution in [-0.4, -0.2) is 89.2 Å². The molecule has 2 atom stereocenters. The van der Waals surface area contributed by atoms with Gasteiger partial charge in [-0.15, -0.1) is 0 Å². The molecular formula is C43H86N4O7. The SMILES string of the molecule is CCCCCCCCCCCCCCOCC(CNC(=O)CC[C@H](NC(=O)CCOCCOCCN)C(N)=O)OCCCCCCCCCCCCCC. The minimum absolute atomic E-state index is 0.0496. The van der Waals surface area contributed by atoms with Crippen molar-refractivity contribution < 1.29 is 33.3 Å². The molecule has 0 spiro atoms. The van der Waals surface area contributed by atoms with Crippen LogP contribution in [-0.2, 0) is 33.3 Å². The molecule has 0 saturated heterocycles. The summed E-state index contributed by atoms with van der Waals surface area (Å²) in [5, 5.41) is 5.56. The Labute approximate surface area is 331 Å². The molecule has 6 N–H and O–H groups in total. The quantitative estimate of drug-likeness (QED) is 0.0453. The molecule has 0 aliphatic carbocycles. The van der Waals surface area contributed by atoms with Crippen LogP contribution in [0.25, 0.3) is 0 Å². The number of amides is 3. The van der Waals surface area contributed by atoms with E-state index in [0.29, 0.717) is 52.7 Å². The summed E-state index contributed by atoms with van der Waals surface area (Å²) in [7, 11) is 0. The van der Waals surface area contributed by atoms with Crippen LogP contribution >= 0.6 is 0 Å². The highest BCUT2D eigenvalue weighted by Crippen LogP contribution is 2.14. The zero-order chi connectivity index (χ0) is 39.6. The molecule has 0 aromatic carbocycles. The van der Waals surface area contributed by atoms with E-state index in [1.165, 1.54) is 135 Å². The molecule has 0 saturated carbocycles.